The van der Waals surface area contributed by atoms with Crippen LogP contribution in [0.25, 0.3) is 0 Å². The van der Waals surface area contributed by atoms with Crippen LogP contribution in [-0.2, 0) is 4.74 Å². The summed E-state index contributed by atoms with van der Waals surface area (Å²) in [5.74, 6) is 0. The average molecular weight is 116 g/mol. The lowest BCUT2D eigenvalue weighted by molar-refractivity contribution is -0.0904. The second kappa shape index (κ2) is 2.46. The van der Waals surface area contributed by atoms with Crippen molar-refractivity contribution < 1.29 is 9.84 Å². The van der Waals surface area contributed by atoms with Crippen LogP contribution in [0.4, 0.5) is 0 Å². The zero-order valence-electron chi connectivity index (χ0n) is 5.13. The van der Waals surface area contributed by atoms with Gasteiger partial charge in [0.25, 0.3) is 0 Å². The second-order valence-electron chi connectivity index (χ2n) is 2.20. The summed E-state index contributed by atoms with van der Waals surface area (Å²) in [5.41, 5.74) is 0. The third-order valence-electron chi connectivity index (χ3n) is 1.54. The van der Waals surface area contributed by atoms with Gasteiger partial charge in [0.1, 0.15) is 0 Å². The first kappa shape index (κ1) is 6.05. The average Bonchev–Trinajstić information content (AvgIpc) is 2.14. The van der Waals surface area contributed by atoms with Crippen LogP contribution >= 0.6 is 0 Å². The van der Waals surface area contributed by atoms with Gasteiger partial charge in [-0.2, -0.15) is 0 Å². The van der Waals surface area contributed by atoms with Crippen molar-refractivity contribution in [3.05, 3.63) is 0 Å². The van der Waals surface area contributed by atoms with E-state index in [1.165, 1.54) is 0 Å². The van der Waals surface area contributed by atoms with Crippen LogP contribution < -0.4 is 0 Å². The fourth-order valence-electron chi connectivity index (χ4n) is 0.987. The molecule has 0 radical (unpaired) electrons. The Morgan fingerprint density at radius 3 is 2.62 bits per heavy atom. The minimum absolute atomic E-state index is 0.324. The highest BCUT2D eigenvalue weighted by atomic mass is 16.6. The van der Waals surface area contributed by atoms with Crippen molar-refractivity contribution in [1.82, 2.24) is 0 Å². The molecule has 0 saturated carbocycles. The van der Waals surface area contributed by atoms with E-state index in [-0.39, 0.29) is 0 Å². The molecule has 0 spiro atoms. The monoisotopic (exact) mass is 116 g/mol. The van der Waals surface area contributed by atoms with Crippen molar-refractivity contribution in [2.24, 2.45) is 0 Å². The molecule has 1 N–H and O–H groups in total. The Morgan fingerprint density at radius 2 is 2.38 bits per heavy atom. The van der Waals surface area contributed by atoms with Gasteiger partial charge >= 0.3 is 0 Å². The normalized spacial score (nSPS) is 38.2. The first-order chi connectivity index (χ1) is 3.83. The zero-order valence-corrected chi connectivity index (χ0v) is 5.13. The lowest BCUT2D eigenvalue weighted by Gasteiger charge is -2.04. The Morgan fingerprint density at radius 1 is 1.62 bits per heavy atom. The molecule has 0 amide bonds. The van der Waals surface area contributed by atoms with Crippen LogP contribution in [0.5, 0.6) is 0 Å². The molecule has 0 bridgehead atoms. The molecule has 1 aliphatic rings. The summed E-state index contributed by atoms with van der Waals surface area (Å²) in [6.07, 6.45) is 2.72. The molecule has 1 fully saturated rings. The summed E-state index contributed by atoms with van der Waals surface area (Å²) in [6, 6.07) is 0. The molecular weight excluding hydrogens is 104 g/mol. The summed E-state index contributed by atoms with van der Waals surface area (Å²) in [6.45, 7) is 2.07. The molecule has 0 aliphatic carbocycles. The van der Waals surface area contributed by atoms with Crippen LogP contribution in [-0.4, -0.2) is 17.5 Å². The van der Waals surface area contributed by atoms with E-state index in [4.69, 9.17) is 9.84 Å². The van der Waals surface area contributed by atoms with E-state index >= 15 is 0 Å². The first-order valence-electron chi connectivity index (χ1n) is 3.16. The van der Waals surface area contributed by atoms with Crippen LogP contribution in [0.3, 0.4) is 0 Å². The van der Waals surface area contributed by atoms with E-state index in [0.717, 1.165) is 19.3 Å². The molecule has 8 heavy (non-hydrogen) atoms. The Balaban J connectivity index is 2.22. The van der Waals surface area contributed by atoms with E-state index in [2.05, 4.69) is 6.92 Å². The van der Waals surface area contributed by atoms with E-state index in [0.29, 0.717) is 6.10 Å². The van der Waals surface area contributed by atoms with Crippen LogP contribution in [0, 0.1) is 0 Å². The van der Waals surface area contributed by atoms with E-state index < -0.39 is 6.29 Å². The highest BCUT2D eigenvalue weighted by Crippen LogP contribution is 2.19. The summed E-state index contributed by atoms with van der Waals surface area (Å²) in [7, 11) is 0. The van der Waals surface area contributed by atoms with E-state index in [1.54, 1.807) is 0 Å². The maximum absolute atomic E-state index is 8.81. The summed E-state index contributed by atoms with van der Waals surface area (Å²) in [5, 5.41) is 8.81. The lowest BCUT2D eigenvalue weighted by atomic mass is 10.2. The SMILES string of the molecule is CC[C@H]1CCC(O)O1. The molecule has 1 aliphatic heterocycles. The third kappa shape index (κ3) is 1.20. The minimum Gasteiger partial charge on any atom is -0.368 e. The smallest absolute Gasteiger partial charge is 0.154 e. The van der Waals surface area contributed by atoms with Crippen molar-refractivity contribution in [2.75, 3.05) is 0 Å². The molecule has 0 aromatic rings. The number of ether oxygens (including phenoxy) is 1. The Hall–Kier alpha value is -0.0800. The predicted molar refractivity (Wildman–Crippen MR) is 30.4 cm³/mol. The molecule has 1 saturated heterocycles. The Bertz CT molecular complexity index is 72.9. The molecule has 2 nitrogen and oxygen atoms in total. The van der Waals surface area contributed by atoms with Crippen molar-refractivity contribution >= 4 is 0 Å². The van der Waals surface area contributed by atoms with Gasteiger partial charge in [-0.3, -0.25) is 0 Å². The van der Waals surface area contributed by atoms with Crippen LogP contribution in [0.1, 0.15) is 26.2 Å². The predicted octanol–water partition coefficient (Wildman–Crippen LogP) is 0.894. The van der Waals surface area contributed by atoms with Crippen LogP contribution in [0.15, 0.2) is 0 Å². The van der Waals surface area contributed by atoms with E-state index in [1.807, 2.05) is 0 Å². The van der Waals surface area contributed by atoms with E-state index in [9.17, 15) is 0 Å². The van der Waals surface area contributed by atoms with Crippen molar-refractivity contribution in [3.63, 3.8) is 0 Å². The molecule has 0 aromatic carbocycles. The lowest BCUT2D eigenvalue weighted by Crippen LogP contribution is -2.07. The number of rotatable bonds is 1. The van der Waals surface area contributed by atoms with Crippen LogP contribution in [0.2, 0.25) is 0 Å². The number of aliphatic hydroxyl groups excluding tert-OH is 1. The van der Waals surface area contributed by atoms with Gasteiger partial charge in [0, 0.05) is 6.42 Å². The van der Waals surface area contributed by atoms with Crippen molar-refractivity contribution in [3.8, 4) is 0 Å². The highest BCUT2D eigenvalue weighted by Gasteiger charge is 2.20. The largest absolute Gasteiger partial charge is 0.368 e. The quantitative estimate of drug-likeness (QED) is 0.551. The summed E-state index contributed by atoms with van der Waals surface area (Å²) in [4.78, 5) is 0. The maximum Gasteiger partial charge on any atom is 0.154 e. The standard InChI is InChI=1S/C6H12O2/c1-2-5-3-4-6(7)8-5/h5-7H,2-4H2,1H3/t5-,6?/m0/s1. The summed E-state index contributed by atoms with van der Waals surface area (Å²) >= 11 is 0. The molecule has 0 aromatic heterocycles. The zero-order chi connectivity index (χ0) is 5.98. The van der Waals surface area contributed by atoms with Gasteiger partial charge in [0.15, 0.2) is 6.29 Å². The summed E-state index contributed by atoms with van der Waals surface area (Å²) < 4.78 is 5.07. The van der Waals surface area contributed by atoms with Crippen molar-refractivity contribution in [2.45, 2.75) is 38.6 Å². The first-order valence-corrected chi connectivity index (χ1v) is 3.16. The fraction of sp³-hybridized carbons (Fsp3) is 1.00. The molecular formula is C6H12O2. The maximum atomic E-state index is 8.81. The second-order valence-corrected chi connectivity index (χ2v) is 2.20. The van der Waals surface area contributed by atoms with Gasteiger partial charge in [-0.25, -0.2) is 0 Å². The van der Waals surface area contributed by atoms with Gasteiger partial charge < -0.3 is 9.84 Å². The van der Waals surface area contributed by atoms with Gasteiger partial charge in [0.2, 0.25) is 0 Å². The van der Waals surface area contributed by atoms with Gasteiger partial charge in [-0.15, -0.1) is 0 Å². The molecule has 1 unspecified atom stereocenters. The molecule has 2 heteroatoms. The fourth-order valence-corrected chi connectivity index (χ4v) is 0.987. The molecule has 1 rings (SSSR count). The van der Waals surface area contributed by atoms with Gasteiger partial charge in [-0.1, -0.05) is 6.92 Å². The molecule has 2 atom stereocenters. The number of aliphatic hydroxyl groups is 1. The number of hydrogen-bond donors (Lipinski definition) is 1. The van der Waals surface area contributed by atoms with Gasteiger partial charge in [0.05, 0.1) is 6.10 Å². The van der Waals surface area contributed by atoms with Gasteiger partial charge in [-0.05, 0) is 12.8 Å². The highest BCUT2D eigenvalue weighted by molar-refractivity contribution is 4.64. The topological polar surface area (TPSA) is 29.5 Å². The molecule has 1 heterocycles. The Kier molecular flexibility index (Phi) is 1.86. The Labute approximate surface area is 49.5 Å². The van der Waals surface area contributed by atoms with Crippen molar-refractivity contribution in [1.29, 1.82) is 0 Å². The molecule has 48 valence electrons. The third-order valence-corrected chi connectivity index (χ3v) is 1.54. The number of hydrogen-bond acceptors (Lipinski definition) is 2. The minimum atomic E-state index is -0.472.